The van der Waals surface area contributed by atoms with Gasteiger partial charge in [-0.25, -0.2) is 0 Å². The molecule has 162 valence electrons. The highest BCUT2D eigenvalue weighted by molar-refractivity contribution is 14.0. The van der Waals surface area contributed by atoms with Crippen molar-refractivity contribution < 1.29 is 9.47 Å². The van der Waals surface area contributed by atoms with Gasteiger partial charge >= 0.3 is 0 Å². The van der Waals surface area contributed by atoms with Crippen molar-refractivity contribution in [2.45, 2.75) is 39.3 Å². The molecule has 1 aromatic rings. The van der Waals surface area contributed by atoms with E-state index in [0.29, 0.717) is 25.9 Å². The molecule has 0 aromatic heterocycles. The molecule has 7 heteroatoms. The van der Waals surface area contributed by atoms with Crippen molar-refractivity contribution in [1.29, 1.82) is 0 Å². The normalized spacial score (nSPS) is 12.5. The van der Waals surface area contributed by atoms with Crippen molar-refractivity contribution in [1.82, 2.24) is 15.5 Å². The third-order valence-corrected chi connectivity index (χ3v) is 4.37. The number of halogens is 1. The molecule has 0 aliphatic rings. The number of hydrogen-bond donors (Lipinski definition) is 2. The topological polar surface area (TPSA) is 58.1 Å². The Morgan fingerprint density at radius 3 is 2.57 bits per heavy atom. The van der Waals surface area contributed by atoms with Crippen LogP contribution in [0.1, 0.15) is 32.3 Å². The maximum absolute atomic E-state index is 5.46. The highest BCUT2D eigenvalue weighted by atomic mass is 127. The van der Waals surface area contributed by atoms with E-state index in [4.69, 9.17) is 9.47 Å². The number of hydrogen-bond acceptors (Lipinski definition) is 4. The molecule has 0 saturated heterocycles. The number of methoxy groups -OCH3 is 1. The van der Waals surface area contributed by atoms with Crippen LogP contribution in [-0.4, -0.2) is 70.5 Å². The maximum Gasteiger partial charge on any atom is 0.191 e. The summed E-state index contributed by atoms with van der Waals surface area (Å²) >= 11 is 0. The van der Waals surface area contributed by atoms with Crippen LogP contribution in [0, 0.1) is 0 Å². The lowest BCUT2D eigenvalue weighted by Gasteiger charge is -2.25. The first-order valence-electron chi connectivity index (χ1n) is 10.00. The van der Waals surface area contributed by atoms with Crippen LogP contribution in [0.4, 0.5) is 0 Å². The Labute approximate surface area is 188 Å². The third kappa shape index (κ3) is 13.3. The lowest BCUT2D eigenvalue weighted by atomic mass is 10.1. The molecule has 6 nitrogen and oxygen atoms in total. The van der Waals surface area contributed by atoms with Gasteiger partial charge in [0.25, 0.3) is 0 Å². The van der Waals surface area contributed by atoms with Crippen LogP contribution < -0.4 is 10.6 Å². The van der Waals surface area contributed by atoms with Gasteiger partial charge in [0.2, 0.25) is 0 Å². The highest BCUT2D eigenvalue weighted by Crippen LogP contribution is 2.07. The van der Waals surface area contributed by atoms with Crippen molar-refractivity contribution in [2.24, 2.45) is 4.99 Å². The molecule has 0 radical (unpaired) electrons. The van der Waals surface area contributed by atoms with E-state index >= 15 is 0 Å². The lowest BCUT2D eigenvalue weighted by molar-refractivity contribution is 0.0702. The van der Waals surface area contributed by atoms with E-state index in [9.17, 15) is 0 Å². The Morgan fingerprint density at radius 2 is 1.89 bits per heavy atom. The van der Waals surface area contributed by atoms with Gasteiger partial charge in [0.05, 0.1) is 13.2 Å². The summed E-state index contributed by atoms with van der Waals surface area (Å²) in [7, 11) is 3.86. The van der Waals surface area contributed by atoms with E-state index in [2.05, 4.69) is 71.8 Å². The lowest BCUT2D eigenvalue weighted by Crippen LogP contribution is -2.40. The molecule has 1 atom stereocenters. The number of nitrogens with zero attached hydrogens (tertiary/aromatic N) is 2. The average Bonchev–Trinajstić information content (AvgIpc) is 2.67. The predicted molar refractivity (Wildman–Crippen MR) is 129 cm³/mol. The maximum atomic E-state index is 5.46. The van der Waals surface area contributed by atoms with E-state index < -0.39 is 0 Å². The van der Waals surface area contributed by atoms with Crippen LogP contribution in [0.25, 0.3) is 0 Å². The fourth-order valence-electron chi connectivity index (χ4n) is 2.59. The quantitative estimate of drug-likeness (QED) is 0.176. The number of aliphatic imine (C=N–C) groups is 1. The fourth-order valence-corrected chi connectivity index (χ4v) is 2.59. The number of guanidine groups is 1. The van der Waals surface area contributed by atoms with Crippen molar-refractivity contribution in [3.63, 3.8) is 0 Å². The minimum Gasteiger partial charge on any atom is -0.382 e. The summed E-state index contributed by atoms with van der Waals surface area (Å²) in [4.78, 5) is 7.00. The monoisotopic (exact) mass is 506 g/mol. The van der Waals surface area contributed by atoms with Gasteiger partial charge in [-0.2, -0.15) is 0 Å². The minimum absolute atomic E-state index is 0. The first-order chi connectivity index (χ1) is 13.2. The summed E-state index contributed by atoms with van der Waals surface area (Å²) in [6, 6.07) is 11.1. The third-order valence-electron chi connectivity index (χ3n) is 4.37. The summed E-state index contributed by atoms with van der Waals surface area (Å²) in [6.45, 7) is 9.85. The number of rotatable bonds is 14. The van der Waals surface area contributed by atoms with Gasteiger partial charge < -0.3 is 20.1 Å². The Kier molecular flexibility index (Phi) is 17.6. The SMILES string of the molecule is CCNC(=NCCCOCCOC)NCCC(C)N(C)Cc1ccccc1.I. The van der Waals surface area contributed by atoms with Gasteiger partial charge in [-0.1, -0.05) is 30.3 Å². The van der Waals surface area contributed by atoms with Gasteiger partial charge in [-0.3, -0.25) is 9.89 Å². The Balaban J connectivity index is 0.00000729. The molecule has 0 aliphatic carbocycles. The van der Waals surface area contributed by atoms with Crippen LogP contribution in [0.5, 0.6) is 0 Å². The Hall–Kier alpha value is -0.900. The number of ether oxygens (including phenoxy) is 2. The second-order valence-corrected chi connectivity index (χ2v) is 6.68. The van der Waals surface area contributed by atoms with Crippen LogP contribution in [0.15, 0.2) is 35.3 Å². The van der Waals surface area contributed by atoms with Crippen molar-refractivity contribution >= 4 is 29.9 Å². The van der Waals surface area contributed by atoms with E-state index in [1.54, 1.807) is 7.11 Å². The molecule has 28 heavy (non-hydrogen) atoms. The van der Waals surface area contributed by atoms with E-state index in [1.165, 1.54) is 5.56 Å². The van der Waals surface area contributed by atoms with Crippen LogP contribution >= 0.6 is 24.0 Å². The van der Waals surface area contributed by atoms with Gasteiger partial charge in [0.1, 0.15) is 0 Å². The first kappa shape index (κ1) is 27.1. The molecule has 0 bridgehead atoms. The summed E-state index contributed by atoms with van der Waals surface area (Å²) in [5.41, 5.74) is 1.35. The first-order valence-corrected chi connectivity index (χ1v) is 10.00. The molecule has 0 aliphatic heterocycles. The van der Waals surface area contributed by atoms with Crippen LogP contribution in [0.3, 0.4) is 0 Å². The fraction of sp³-hybridized carbons (Fsp3) is 0.667. The minimum atomic E-state index is 0. The number of benzene rings is 1. The second-order valence-electron chi connectivity index (χ2n) is 6.68. The summed E-state index contributed by atoms with van der Waals surface area (Å²) in [6.07, 6.45) is 1.98. The molecule has 1 unspecified atom stereocenters. The zero-order chi connectivity index (χ0) is 19.7. The van der Waals surface area contributed by atoms with E-state index in [0.717, 1.165) is 45.0 Å². The molecule has 0 fully saturated rings. The van der Waals surface area contributed by atoms with Crippen LogP contribution in [-0.2, 0) is 16.0 Å². The second kappa shape index (κ2) is 18.1. The molecular formula is C21H39IN4O2. The average molecular weight is 506 g/mol. The van der Waals surface area contributed by atoms with Crippen molar-refractivity contribution in [3.8, 4) is 0 Å². The van der Waals surface area contributed by atoms with E-state index in [-0.39, 0.29) is 24.0 Å². The summed E-state index contributed by atoms with van der Waals surface area (Å²) < 4.78 is 10.4. The van der Waals surface area contributed by atoms with Crippen molar-refractivity contribution in [2.75, 3.05) is 53.6 Å². The molecule has 1 rings (SSSR count). The molecule has 0 heterocycles. The molecule has 0 spiro atoms. The predicted octanol–water partition coefficient (Wildman–Crippen LogP) is 3.12. The Bertz CT molecular complexity index is 502. The van der Waals surface area contributed by atoms with E-state index in [1.807, 2.05) is 0 Å². The smallest absolute Gasteiger partial charge is 0.191 e. The number of nitrogens with one attached hydrogen (secondary N) is 2. The van der Waals surface area contributed by atoms with Gasteiger partial charge in [0, 0.05) is 45.9 Å². The highest BCUT2D eigenvalue weighted by Gasteiger charge is 2.09. The standard InChI is InChI=1S/C21H38N4O2.HI/c1-5-22-21(23-13-9-15-27-17-16-26-4)24-14-12-19(2)25(3)18-20-10-7-6-8-11-20;/h6-8,10-11,19H,5,9,12-18H2,1-4H3,(H2,22,23,24);1H. The summed E-state index contributed by atoms with van der Waals surface area (Å²) in [5.74, 6) is 0.882. The largest absolute Gasteiger partial charge is 0.382 e. The summed E-state index contributed by atoms with van der Waals surface area (Å²) in [5, 5.41) is 6.73. The zero-order valence-corrected chi connectivity index (χ0v) is 20.3. The molecule has 1 aromatic carbocycles. The molecule has 2 N–H and O–H groups in total. The van der Waals surface area contributed by atoms with Gasteiger partial charge in [0.15, 0.2) is 5.96 Å². The van der Waals surface area contributed by atoms with Gasteiger partial charge in [-0.15, -0.1) is 24.0 Å². The van der Waals surface area contributed by atoms with Crippen molar-refractivity contribution in [3.05, 3.63) is 35.9 Å². The van der Waals surface area contributed by atoms with Crippen LogP contribution in [0.2, 0.25) is 0 Å². The molecular weight excluding hydrogens is 467 g/mol. The molecule has 0 saturated carbocycles. The van der Waals surface area contributed by atoms with Gasteiger partial charge in [-0.05, 0) is 39.3 Å². The Morgan fingerprint density at radius 1 is 1.14 bits per heavy atom. The zero-order valence-electron chi connectivity index (χ0n) is 17.9. The molecule has 0 amide bonds.